The van der Waals surface area contributed by atoms with Crippen molar-refractivity contribution in [1.82, 2.24) is 9.97 Å². The van der Waals surface area contributed by atoms with Gasteiger partial charge in [0.1, 0.15) is 5.82 Å². The molecule has 0 radical (unpaired) electrons. The lowest BCUT2D eigenvalue weighted by atomic mass is 9.60. The predicted molar refractivity (Wildman–Crippen MR) is 157 cm³/mol. The van der Waals surface area contributed by atoms with E-state index in [4.69, 9.17) is 4.98 Å². The van der Waals surface area contributed by atoms with Gasteiger partial charge in [0.2, 0.25) is 0 Å². The van der Waals surface area contributed by atoms with E-state index in [0.717, 1.165) is 39.8 Å². The number of nitrogens with zero attached hydrogens (tertiary/aromatic N) is 3. The Kier molecular flexibility index (Phi) is 4.70. The molecule has 8 rings (SSSR count). The molecule has 0 aliphatic carbocycles. The maximum absolute atomic E-state index is 5.17. The van der Waals surface area contributed by atoms with Crippen molar-refractivity contribution in [3.05, 3.63) is 162 Å². The Bertz CT molecular complexity index is 1770. The maximum atomic E-state index is 5.17. The molecular weight excluding hydrogens is 476 g/mol. The minimum atomic E-state index is -0.481. The summed E-state index contributed by atoms with van der Waals surface area (Å²) in [7, 11) is 0. The van der Waals surface area contributed by atoms with Gasteiger partial charge in [-0.1, -0.05) is 78.9 Å². The summed E-state index contributed by atoms with van der Waals surface area (Å²) in [6.07, 6.45) is 3.62. The van der Waals surface area contributed by atoms with Gasteiger partial charge < -0.3 is 5.32 Å². The highest BCUT2D eigenvalue weighted by Gasteiger charge is 2.50. The van der Waals surface area contributed by atoms with Gasteiger partial charge in [-0.05, 0) is 70.8 Å². The average molecular weight is 501 g/mol. The zero-order chi connectivity index (χ0) is 25.8. The van der Waals surface area contributed by atoms with Crippen LogP contribution >= 0.6 is 0 Å². The van der Waals surface area contributed by atoms with Crippen LogP contribution < -0.4 is 10.2 Å². The molecule has 0 atom stereocenters. The summed E-state index contributed by atoms with van der Waals surface area (Å²) in [4.78, 5) is 11.7. The minimum Gasteiger partial charge on any atom is -0.355 e. The molecule has 184 valence electrons. The fourth-order valence-corrected chi connectivity index (χ4v) is 6.43. The van der Waals surface area contributed by atoms with E-state index in [1.54, 1.807) is 0 Å². The van der Waals surface area contributed by atoms with E-state index in [1.165, 1.54) is 22.3 Å². The van der Waals surface area contributed by atoms with E-state index in [9.17, 15) is 0 Å². The summed E-state index contributed by atoms with van der Waals surface area (Å²) in [6.45, 7) is 0. The number of hydrogen-bond donors (Lipinski definition) is 1. The van der Waals surface area contributed by atoms with Gasteiger partial charge in [0.25, 0.3) is 0 Å². The molecule has 0 saturated heterocycles. The van der Waals surface area contributed by atoms with E-state index in [2.05, 4.69) is 130 Å². The molecule has 4 heteroatoms. The van der Waals surface area contributed by atoms with Crippen LogP contribution in [0.3, 0.4) is 0 Å². The number of rotatable bonds is 2. The Balaban J connectivity index is 1.46. The lowest BCUT2D eigenvalue weighted by Gasteiger charge is -2.48. The quantitative estimate of drug-likeness (QED) is 0.259. The predicted octanol–water partition coefficient (Wildman–Crippen LogP) is 8.37. The number of nitrogens with one attached hydrogen (secondary N) is 1. The van der Waals surface area contributed by atoms with Gasteiger partial charge >= 0.3 is 0 Å². The van der Waals surface area contributed by atoms with Crippen molar-refractivity contribution in [3.63, 3.8) is 0 Å². The fraction of sp³-hybridized carbons (Fsp3) is 0.0286. The van der Waals surface area contributed by atoms with Crippen LogP contribution in [0.1, 0.15) is 22.3 Å². The molecule has 2 aromatic heterocycles. The average Bonchev–Trinajstić information content (AvgIpc) is 3.01. The molecule has 1 spiro atoms. The second-order valence-electron chi connectivity index (χ2n) is 9.95. The third-order valence-corrected chi connectivity index (χ3v) is 7.97. The van der Waals surface area contributed by atoms with Gasteiger partial charge in [0.15, 0.2) is 0 Å². The second kappa shape index (κ2) is 8.40. The molecule has 0 saturated carbocycles. The number of para-hydroxylation sites is 4. The van der Waals surface area contributed by atoms with Crippen molar-refractivity contribution in [2.45, 2.75) is 5.41 Å². The largest absolute Gasteiger partial charge is 0.355 e. The number of benzene rings is 4. The van der Waals surface area contributed by atoms with Crippen LogP contribution in [0.25, 0.3) is 11.3 Å². The van der Waals surface area contributed by atoms with Crippen LogP contribution in [-0.4, -0.2) is 9.97 Å². The van der Waals surface area contributed by atoms with Crippen LogP contribution in [0.2, 0.25) is 0 Å². The van der Waals surface area contributed by atoms with E-state index < -0.39 is 5.41 Å². The molecule has 0 unspecified atom stereocenters. The Morgan fingerprint density at radius 1 is 0.513 bits per heavy atom. The SMILES string of the molecule is c1cc(-c2ccncc2)nc(N2c3ccccc3C3(c4ccccc4Nc4ccccc43)c3ccccc32)c1. The van der Waals surface area contributed by atoms with E-state index in [0.29, 0.717) is 0 Å². The van der Waals surface area contributed by atoms with E-state index in [-0.39, 0.29) is 0 Å². The monoisotopic (exact) mass is 500 g/mol. The first kappa shape index (κ1) is 21.8. The van der Waals surface area contributed by atoms with Crippen molar-refractivity contribution < 1.29 is 0 Å². The van der Waals surface area contributed by atoms with Gasteiger partial charge in [0.05, 0.1) is 22.5 Å². The van der Waals surface area contributed by atoms with Gasteiger partial charge in [-0.2, -0.15) is 0 Å². The highest BCUT2D eigenvalue weighted by Crippen LogP contribution is 2.61. The molecule has 0 fully saturated rings. The van der Waals surface area contributed by atoms with Crippen molar-refractivity contribution in [3.8, 4) is 11.3 Å². The number of pyridine rings is 2. The molecule has 4 aromatic carbocycles. The van der Waals surface area contributed by atoms with Crippen molar-refractivity contribution in [1.29, 1.82) is 0 Å². The van der Waals surface area contributed by atoms with Gasteiger partial charge in [0, 0.05) is 29.3 Å². The van der Waals surface area contributed by atoms with Crippen molar-refractivity contribution in [2.24, 2.45) is 0 Å². The maximum Gasteiger partial charge on any atom is 0.138 e. The van der Waals surface area contributed by atoms with Gasteiger partial charge in [-0.15, -0.1) is 0 Å². The Morgan fingerprint density at radius 2 is 1.05 bits per heavy atom. The molecule has 0 bridgehead atoms. The smallest absolute Gasteiger partial charge is 0.138 e. The Labute approximate surface area is 227 Å². The van der Waals surface area contributed by atoms with Crippen LogP contribution in [0.5, 0.6) is 0 Å². The highest BCUT2D eigenvalue weighted by atomic mass is 15.2. The van der Waals surface area contributed by atoms with Crippen LogP contribution in [-0.2, 0) is 5.41 Å². The molecule has 1 N–H and O–H groups in total. The molecule has 39 heavy (non-hydrogen) atoms. The number of fused-ring (bicyclic) bond motifs is 8. The molecular formula is C35H24N4. The summed E-state index contributed by atoms with van der Waals surface area (Å²) in [5, 5.41) is 3.71. The van der Waals surface area contributed by atoms with Gasteiger partial charge in [-0.3, -0.25) is 9.88 Å². The van der Waals surface area contributed by atoms with Crippen LogP contribution in [0.4, 0.5) is 28.6 Å². The molecule has 2 aliphatic rings. The molecule has 4 nitrogen and oxygen atoms in total. The first-order valence-corrected chi connectivity index (χ1v) is 13.2. The second-order valence-corrected chi connectivity index (χ2v) is 9.95. The summed E-state index contributed by atoms with van der Waals surface area (Å²) < 4.78 is 0. The zero-order valence-electron chi connectivity index (χ0n) is 21.1. The van der Waals surface area contributed by atoms with E-state index in [1.807, 2.05) is 24.5 Å². The number of anilines is 5. The fourth-order valence-electron chi connectivity index (χ4n) is 6.43. The topological polar surface area (TPSA) is 41.1 Å². The highest BCUT2D eigenvalue weighted by molar-refractivity contribution is 5.93. The third-order valence-electron chi connectivity index (χ3n) is 7.97. The summed E-state index contributed by atoms with van der Waals surface area (Å²) in [5.74, 6) is 0.884. The van der Waals surface area contributed by atoms with E-state index >= 15 is 0 Å². The summed E-state index contributed by atoms with van der Waals surface area (Å²) >= 11 is 0. The molecule has 2 aliphatic heterocycles. The zero-order valence-corrected chi connectivity index (χ0v) is 21.1. The van der Waals surface area contributed by atoms with Crippen molar-refractivity contribution >= 4 is 28.6 Å². The minimum absolute atomic E-state index is 0.481. The Morgan fingerprint density at radius 3 is 1.67 bits per heavy atom. The first-order chi connectivity index (χ1) is 19.4. The Hall–Kier alpha value is -5.22. The molecule has 0 amide bonds. The lowest BCUT2D eigenvalue weighted by molar-refractivity contribution is 0.726. The van der Waals surface area contributed by atoms with Crippen LogP contribution in [0, 0.1) is 0 Å². The standard InChI is InChI=1S/C35H24N4/c1-5-14-30-25(10-1)35(26-11-2-6-15-31(26)37-30)27-12-3-7-17-32(27)39(33-18-8-4-13-28(33)35)34-19-9-16-29(38-34)24-20-22-36-23-21-24/h1-23,37H. The molecule has 6 aromatic rings. The van der Waals surface area contributed by atoms with Crippen molar-refractivity contribution in [2.75, 3.05) is 10.2 Å². The normalized spacial score (nSPS) is 14.0. The number of hydrogen-bond acceptors (Lipinski definition) is 4. The third kappa shape index (κ3) is 3.06. The summed E-state index contributed by atoms with van der Waals surface area (Å²) in [5.41, 5.74) is 11.0. The first-order valence-electron chi connectivity index (χ1n) is 13.2. The lowest BCUT2D eigenvalue weighted by Crippen LogP contribution is -2.40. The number of aromatic nitrogens is 2. The molecule has 4 heterocycles. The van der Waals surface area contributed by atoms with Crippen LogP contribution in [0.15, 0.2) is 140 Å². The van der Waals surface area contributed by atoms with Gasteiger partial charge in [-0.25, -0.2) is 4.98 Å². The summed E-state index contributed by atoms with van der Waals surface area (Å²) in [6, 6.07) is 45.2.